The summed E-state index contributed by atoms with van der Waals surface area (Å²) in [6, 6.07) is 9.50. The fraction of sp³-hybridized carbons (Fsp3) is 0.529. The van der Waals surface area contributed by atoms with Crippen LogP contribution in [0.5, 0.6) is 0 Å². The third kappa shape index (κ3) is 2.38. The Labute approximate surface area is 124 Å². The molecule has 1 unspecified atom stereocenters. The van der Waals surface area contributed by atoms with Crippen LogP contribution in [0.3, 0.4) is 0 Å². The summed E-state index contributed by atoms with van der Waals surface area (Å²) in [6.45, 7) is 1.86. The van der Waals surface area contributed by atoms with Gasteiger partial charge in [0.2, 0.25) is 11.8 Å². The number of imide groups is 1. The van der Waals surface area contributed by atoms with Crippen LogP contribution in [0, 0.1) is 0 Å². The standard InChI is InChI=1S/C17H21NO3/c1-17(12-5-3-2-4-6-12)11-15(20)18(16(17)21)13-7-9-14(19)10-8-13/h2-6,13-14,19H,7-11H2,1H3. The number of nitrogens with zero attached hydrogens (tertiary/aromatic N) is 1. The van der Waals surface area contributed by atoms with Crippen LogP contribution in [0.4, 0.5) is 0 Å². The molecule has 1 saturated heterocycles. The van der Waals surface area contributed by atoms with Crippen molar-refractivity contribution >= 4 is 11.8 Å². The van der Waals surface area contributed by atoms with Crippen molar-refractivity contribution in [3.05, 3.63) is 35.9 Å². The average Bonchev–Trinajstić information content (AvgIpc) is 2.72. The zero-order valence-electron chi connectivity index (χ0n) is 12.3. The normalized spacial score (nSPS) is 33.5. The maximum atomic E-state index is 12.9. The molecule has 2 fully saturated rings. The molecule has 21 heavy (non-hydrogen) atoms. The Morgan fingerprint density at radius 3 is 2.33 bits per heavy atom. The lowest BCUT2D eigenvalue weighted by atomic mass is 9.81. The third-order valence-electron chi connectivity index (χ3n) is 4.91. The molecule has 4 heteroatoms. The van der Waals surface area contributed by atoms with Crippen LogP contribution in [0.15, 0.2) is 30.3 Å². The highest BCUT2D eigenvalue weighted by Crippen LogP contribution is 2.39. The van der Waals surface area contributed by atoms with Crippen LogP contribution >= 0.6 is 0 Å². The smallest absolute Gasteiger partial charge is 0.240 e. The molecule has 0 bridgehead atoms. The van der Waals surface area contributed by atoms with Crippen molar-refractivity contribution in [3.8, 4) is 0 Å². The molecule has 0 spiro atoms. The summed E-state index contributed by atoms with van der Waals surface area (Å²) in [4.78, 5) is 26.7. The highest BCUT2D eigenvalue weighted by Gasteiger charge is 2.51. The van der Waals surface area contributed by atoms with Crippen molar-refractivity contribution in [2.24, 2.45) is 0 Å². The molecule has 0 radical (unpaired) electrons. The number of likely N-dealkylation sites (tertiary alicyclic amines) is 1. The molecule has 4 nitrogen and oxygen atoms in total. The molecule has 1 aromatic carbocycles. The number of carbonyl (C=O) groups excluding carboxylic acids is 2. The summed E-state index contributed by atoms with van der Waals surface area (Å²) in [6.07, 6.45) is 2.73. The number of benzene rings is 1. The lowest BCUT2D eigenvalue weighted by molar-refractivity contribution is -0.143. The van der Waals surface area contributed by atoms with Gasteiger partial charge in [0.25, 0.3) is 0 Å². The topological polar surface area (TPSA) is 57.6 Å². The number of hydrogen-bond donors (Lipinski definition) is 1. The van der Waals surface area contributed by atoms with Gasteiger partial charge in [-0.3, -0.25) is 14.5 Å². The SMILES string of the molecule is CC1(c2ccccc2)CC(=O)N(C2CCC(O)CC2)C1=O. The molecule has 1 aliphatic carbocycles. The summed E-state index contributed by atoms with van der Waals surface area (Å²) < 4.78 is 0. The van der Waals surface area contributed by atoms with Gasteiger partial charge in [0, 0.05) is 12.5 Å². The number of carbonyl (C=O) groups is 2. The first-order valence-corrected chi connectivity index (χ1v) is 7.62. The first-order chi connectivity index (χ1) is 10.0. The van der Waals surface area contributed by atoms with E-state index in [-0.39, 0.29) is 30.4 Å². The predicted octanol–water partition coefficient (Wildman–Crippen LogP) is 2.01. The quantitative estimate of drug-likeness (QED) is 0.847. The van der Waals surface area contributed by atoms with E-state index in [1.165, 1.54) is 4.90 Å². The molecule has 1 aromatic rings. The molecule has 1 heterocycles. The van der Waals surface area contributed by atoms with E-state index in [0.717, 1.165) is 5.56 Å². The van der Waals surface area contributed by atoms with Crippen LogP contribution in [0.25, 0.3) is 0 Å². The van der Waals surface area contributed by atoms with Crippen LogP contribution in [0.1, 0.15) is 44.6 Å². The highest BCUT2D eigenvalue weighted by atomic mass is 16.3. The molecule has 1 aliphatic heterocycles. The average molecular weight is 287 g/mol. The van der Waals surface area contributed by atoms with Crippen molar-refractivity contribution in [2.75, 3.05) is 0 Å². The Bertz CT molecular complexity index is 548. The van der Waals surface area contributed by atoms with Crippen molar-refractivity contribution in [2.45, 2.75) is 56.6 Å². The number of rotatable bonds is 2. The zero-order valence-corrected chi connectivity index (χ0v) is 12.3. The maximum absolute atomic E-state index is 12.9. The Balaban J connectivity index is 1.85. The molecular weight excluding hydrogens is 266 g/mol. The largest absolute Gasteiger partial charge is 0.393 e. The van der Waals surface area contributed by atoms with E-state index in [4.69, 9.17) is 0 Å². The molecule has 3 rings (SSSR count). The zero-order chi connectivity index (χ0) is 15.0. The molecule has 112 valence electrons. The van der Waals surface area contributed by atoms with E-state index in [9.17, 15) is 14.7 Å². The molecule has 2 aliphatic rings. The van der Waals surface area contributed by atoms with Gasteiger partial charge < -0.3 is 5.11 Å². The van der Waals surface area contributed by atoms with Gasteiger partial charge in [-0.1, -0.05) is 30.3 Å². The van der Waals surface area contributed by atoms with Crippen LogP contribution < -0.4 is 0 Å². The van der Waals surface area contributed by atoms with E-state index in [0.29, 0.717) is 25.7 Å². The fourth-order valence-electron chi connectivity index (χ4n) is 3.56. The van der Waals surface area contributed by atoms with Gasteiger partial charge >= 0.3 is 0 Å². The molecule has 2 amide bonds. The van der Waals surface area contributed by atoms with Crippen LogP contribution in [-0.2, 0) is 15.0 Å². The first-order valence-electron chi connectivity index (χ1n) is 7.62. The Hall–Kier alpha value is -1.68. The predicted molar refractivity (Wildman–Crippen MR) is 78.5 cm³/mol. The number of aliphatic hydroxyl groups excluding tert-OH is 1. The van der Waals surface area contributed by atoms with Crippen LogP contribution in [-0.4, -0.2) is 34.0 Å². The second kappa shape index (κ2) is 5.26. The van der Waals surface area contributed by atoms with Gasteiger partial charge in [-0.05, 0) is 38.2 Å². The van der Waals surface area contributed by atoms with E-state index in [1.807, 2.05) is 37.3 Å². The van der Waals surface area contributed by atoms with Crippen molar-refractivity contribution in [1.29, 1.82) is 0 Å². The monoisotopic (exact) mass is 287 g/mol. The summed E-state index contributed by atoms with van der Waals surface area (Å²) in [5.41, 5.74) is 0.163. The van der Waals surface area contributed by atoms with Gasteiger partial charge in [-0.2, -0.15) is 0 Å². The lowest BCUT2D eigenvalue weighted by Gasteiger charge is -2.33. The Morgan fingerprint density at radius 2 is 1.71 bits per heavy atom. The lowest BCUT2D eigenvalue weighted by Crippen LogP contribution is -2.45. The third-order valence-corrected chi connectivity index (χ3v) is 4.91. The second-order valence-corrected chi connectivity index (χ2v) is 6.41. The van der Waals surface area contributed by atoms with Gasteiger partial charge in [0.05, 0.1) is 11.5 Å². The Morgan fingerprint density at radius 1 is 1.10 bits per heavy atom. The number of amides is 2. The summed E-state index contributed by atoms with van der Waals surface area (Å²) in [5, 5.41) is 9.59. The van der Waals surface area contributed by atoms with Crippen LogP contribution in [0.2, 0.25) is 0 Å². The summed E-state index contributed by atoms with van der Waals surface area (Å²) >= 11 is 0. The molecule has 1 N–H and O–H groups in total. The second-order valence-electron chi connectivity index (χ2n) is 6.41. The van der Waals surface area contributed by atoms with Gasteiger partial charge in [-0.25, -0.2) is 0 Å². The van der Waals surface area contributed by atoms with Crippen molar-refractivity contribution in [1.82, 2.24) is 4.90 Å². The van der Waals surface area contributed by atoms with E-state index in [2.05, 4.69) is 0 Å². The Kier molecular flexibility index (Phi) is 3.57. The van der Waals surface area contributed by atoms with Crippen molar-refractivity contribution < 1.29 is 14.7 Å². The molecule has 0 aromatic heterocycles. The minimum atomic E-state index is -0.742. The highest BCUT2D eigenvalue weighted by molar-refractivity contribution is 6.09. The minimum absolute atomic E-state index is 0.0427. The first kappa shape index (κ1) is 14.3. The number of hydrogen-bond acceptors (Lipinski definition) is 3. The van der Waals surface area contributed by atoms with E-state index in [1.54, 1.807) is 0 Å². The molecule has 1 saturated carbocycles. The summed E-state index contributed by atoms with van der Waals surface area (Å²) in [7, 11) is 0. The van der Waals surface area contributed by atoms with Gasteiger partial charge in [-0.15, -0.1) is 0 Å². The maximum Gasteiger partial charge on any atom is 0.240 e. The van der Waals surface area contributed by atoms with Gasteiger partial charge in [0.15, 0.2) is 0 Å². The number of aliphatic hydroxyl groups is 1. The van der Waals surface area contributed by atoms with E-state index < -0.39 is 5.41 Å². The summed E-state index contributed by atoms with van der Waals surface area (Å²) in [5.74, 6) is -0.159. The van der Waals surface area contributed by atoms with E-state index >= 15 is 0 Å². The molecular formula is C17H21NO3. The fourth-order valence-corrected chi connectivity index (χ4v) is 3.56. The minimum Gasteiger partial charge on any atom is -0.393 e. The van der Waals surface area contributed by atoms with Crippen molar-refractivity contribution in [3.63, 3.8) is 0 Å². The van der Waals surface area contributed by atoms with Gasteiger partial charge in [0.1, 0.15) is 0 Å². The molecule has 1 atom stereocenters.